The second-order valence-electron chi connectivity index (χ2n) is 10.8. The van der Waals surface area contributed by atoms with Gasteiger partial charge in [0.2, 0.25) is 0 Å². The van der Waals surface area contributed by atoms with Crippen LogP contribution < -0.4 is 14.2 Å². The number of rotatable bonds is 18. The van der Waals surface area contributed by atoms with Crippen LogP contribution in [0, 0.1) is 0 Å². The van der Waals surface area contributed by atoms with E-state index in [1.165, 1.54) is 36.8 Å². The Morgan fingerprint density at radius 1 is 0.667 bits per heavy atom. The first-order valence-corrected chi connectivity index (χ1v) is 15.5. The summed E-state index contributed by atoms with van der Waals surface area (Å²) in [5.41, 5.74) is 6.95. The number of carbonyl (C=O) groups excluding carboxylic acids is 1. The lowest BCUT2D eigenvalue weighted by Crippen LogP contribution is -2.12. The third kappa shape index (κ3) is 10.3. The topological polar surface area (TPSA) is 94.5 Å². The number of ether oxygens (including phenoxy) is 3. The van der Waals surface area contributed by atoms with Gasteiger partial charge in [0.15, 0.2) is 0 Å². The minimum Gasteiger partial charge on any atom is -0.491 e. The van der Waals surface area contributed by atoms with Gasteiger partial charge in [0.1, 0.15) is 37.1 Å². The lowest BCUT2D eigenvalue weighted by molar-refractivity contribution is -0.245. The second-order valence-corrected chi connectivity index (χ2v) is 10.8. The number of hydrogen-bond donors (Lipinski definition) is 2. The lowest BCUT2D eigenvalue weighted by atomic mass is 9.94. The van der Waals surface area contributed by atoms with Gasteiger partial charge in [-0.2, -0.15) is 0 Å². The molecule has 2 N–H and O–H groups in total. The Balaban J connectivity index is 1.44. The van der Waals surface area contributed by atoms with Gasteiger partial charge in [-0.25, -0.2) is 9.68 Å². The van der Waals surface area contributed by atoms with Crippen molar-refractivity contribution < 1.29 is 34.3 Å². The van der Waals surface area contributed by atoms with Crippen molar-refractivity contribution >= 4 is 5.97 Å². The zero-order valence-electron chi connectivity index (χ0n) is 25.9. The molecular weight excluding hydrogens is 568 g/mol. The van der Waals surface area contributed by atoms with Gasteiger partial charge in [-0.3, -0.25) is 5.26 Å². The first kappa shape index (κ1) is 33.5. The molecule has 4 aromatic carbocycles. The first-order valence-electron chi connectivity index (χ1n) is 15.5. The minimum absolute atomic E-state index is 0.000390. The number of hydrogen-bond acceptors (Lipinski definition) is 7. The van der Waals surface area contributed by atoms with Crippen LogP contribution >= 0.6 is 0 Å². The largest absolute Gasteiger partial charge is 0.491 e. The molecule has 4 aromatic rings. The van der Waals surface area contributed by atoms with Gasteiger partial charge in [0.05, 0.1) is 12.2 Å². The van der Waals surface area contributed by atoms with E-state index in [4.69, 9.17) is 24.6 Å². The molecular formula is C38H42O7. The molecule has 0 fully saturated rings. The van der Waals surface area contributed by atoms with E-state index in [2.05, 4.69) is 60.9 Å². The van der Waals surface area contributed by atoms with Crippen molar-refractivity contribution in [1.82, 2.24) is 0 Å². The van der Waals surface area contributed by atoms with Crippen molar-refractivity contribution in [2.75, 3.05) is 19.8 Å². The summed E-state index contributed by atoms with van der Waals surface area (Å²) >= 11 is 0. The SMILES string of the molecule is C=C(CO)C(=O)Oc1ccc(OCc2ccc(-c3ccc(-c4ccc(OCCOO)cc4)cc3)cc2CCCCCCC)cc1. The van der Waals surface area contributed by atoms with Crippen LogP contribution in [0.1, 0.15) is 50.2 Å². The van der Waals surface area contributed by atoms with E-state index in [9.17, 15) is 4.79 Å². The molecule has 0 amide bonds. The Kier molecular flexibility index (Phi) is 13.2. The van der Waals surface area contributed by atoms with E-state index in [-0.39, 0.29) is 18.8 Å². The number of unbranched alkanes of at least 4 members (excludes halogenated alkanes) is 4. The van der Waals surface area contributed by atoms with Crippen LogP contribution in [0.25, 0.3) is 22.3 Å². The summed E-state index contributed by atoms with van der Waals surface area (Å²) in [5, 5.41) is 17.5. The molecule has 7 heteroatoms. The van der Waals surface area contributed by atoms with Crippen molar-refractivity contribution in [3.05, 3.63) is 114 Å². The van der Waals surface area contributed by atoms with E-state index < -0.39 is 12.6 Å². The summed E-state index contributed by atoms with van der Waals surface area (Å²) in [6.45, 7) is 6.10. The molecule has 236 valence electrons. The first-order chi connectivity index (χ1) is 22.0. The fourth-order valence-corrected chi connectivity index (χ4v) is 4.90. The van der Waals surface area contributed by atoms with Crippen molar-refractivity contribution in [2.24, 2.45) is 0 Å². The van der Waals surface area contributed by atoms with Gasteiger partial charge in [0, 0.05) is 0 Å². The maximum absolute atomic E-state index is 11.9. The predicted octanol–water partition coefficient (Wildman–Crippen LogP) is 8.43. The van der Waals surface area contributed by atoms with E-state index in [1.54, 1.807) is 24.3 Å². The van der Waals surface area contributed by atoms with Gasteiger partial charge in [-0.1, -0.05) is 93.8 Å². The van der Waals surface area contributed by atoms with Gasteiger partial charge in [-0.05, 0) is 82.6 Å². The van der Waals surface area contributed by atoms with Crippen LogP contribution in [0.4, 0.5) is 0 Å². The van der Waals surface area contributed by atoms with Crippen molar-refractivity contribution in [3.63, 3.8) is 0 Å². The summed E-state index contributed by atoms with van der Waals surface area (Å²) in [4.78, 5) is 15.9. The molecule has 0 saturated heterocycles. The van der Waals surface area contributed by atoms with Crippen LogP contribution in [0.5, 0.6) is 17.2 Å². The van der Waals surface area contributed by atoms with Gasteiger partial charge >= 0.3 is 5.97 Å². The van der Waals surface area contributed by atoms with Crippen molar-refractivity contribution in [3.8, 4) is 39.5 Å². The molecule has 45 heavy (non-hydrogen) atoms. The Bertz CT molecular complexity index is 1490. The lowest BCUT2D eigenvalue weighted by Gasteiger charge is -2.14. The normalized spacial score (nSPS) is 10.8. The third-order valence-electron chi connectivity index (χ3n) is 7.51. The number of esters is 1. The number of aliphatic hydroxyl groups is 1. The molecule has 0 aromatic heterocycles. The summed E-state index contributed by atoms with van der Waals surface area (Å²) < 4.78 is 16.9. The Labute approximate surface area is 265 Å². The summed E-state index contributed by atoms with van der Waals surface area (Å²) in [7, 11) is 0. The van der Waals surface area contributed by atoms with Crippen LogP contribution in [-0.4, -0.2) is 36.2 Å². The maximum atomic E-state index is 11.9. The van der Waals surface area contributed by atoms with E-state index in [1.807, 2.05) is 24.3 Å². The average molecular weight is 611 g/mol. The third-order valence-corrected chi connectivity index (χ3v) is 7.51. The Hall–Kier alpha value is -4.43. The average Bonchev–Trinajstić information content (AvgIpc) is 3.08. The zero-order chi connectivity index (χ0) is 31.9. The molecule has 7 nitrogen and oxygen atoms in total. The van der Waals surface area contributed by atoms with E-state index >= 15 is 0 Å². The van der Waals surface area contributed by atoms with Crippen molar-refractivity contribution in [2.45, 2.75) is 52.1 Å². The van der Waals surface area contributed by atoms with Crippen LogP contribution in [0.2, 0.25) is 0 Å². The molecule has 0 radical (unpaired) electrons. The highest BCUT2D eigenvalue weighted by molar-refractivity contribution is 5.89. The quantitative estimate of drug-likeness (QED) is 0.0292. The van der Waals surface area contributed by atoms with Gasteiger partial charge in [0.25, 0.3) is 0 Å². The standard InChI is InChI=1S/C38H42O7/c1-3-4-5-6-7-8-32-25-33(31-11-9-29(10-12-31)30-15-17-35(18-16-30)42-23-24-44-41)13-14-34(32)27-43-36-19-21-37(22-20-36)45-38(40)28(2)26-39/h9-22,25,39,41H,2-8,23-24,26-27H2,1H3. The predicted molar refractivity (Wildman–Crippen MR) is 176 cm³/mol. The maximum Gasteiger partial charge on any atom is 0.341 e. The number of carbonyl (C=O) groups is 1. The molecule has 0 aliphatic heterocycles. The molecule has 0 aliphatic rings. The fraction of sp³-hybridized carbons (Fsp3) is 0.289. The summed E-state index contributed by atoms with van der Waals surface area (Å²) in [6.07, 6.45) is 7.04. The zero-order valence-corrected chi connectivity index (χ0v) is 25.9. The highest BCUT2D eigenvalue weighted by Gasteiger charge is 2.11. The summed E-state index contributed by atoms with van der Waals surface area (Å²) in [5.74, 6) is 1.10. The van der Waals surface area contributed by atoms with Crippen LogP contribution in [-0.2, 0) is 22.7 Å². The van der Waals surface area contributed by atoms with Crippen LogP contribution in [0.15, 0.2) is 103 Å². The van der Waals surface area contributed by atoms with Gasteiger partial charge in [-0.15, -0.1) is 0 Å². The van der Waals surface area contributed by atoms with Gasteiger partial charge < -0.3 is 19.3 Å². The number of benzene rings is 4. The Morgan fingerprint density at radius 2 is 1.22 bits per heavy atom. The van der Waals surface area contributed by atoms with E-state index in [0.29, 0.717) is 18.1 Å². The summed E-state index contributed by atoms with van der Waals surface area (Å²) in [6, 6.07) is 29.9. The fourth-order valence-electron chi connectivity index (χ4n) is 4.90. The smallest absolute Gasteiger partial charge is 0.341 e. The van der Waals surface area contributed by atoms with E-state index in [0.717, 1.165) is 40.8 Å². The minimum atomic E-state index is -0.657. The highest BCUT2D eigenvalue weighted by Crippen LogP contribution is 2.29. The molecule has 4 rings (SSSR count). The second kappa shape index (κ2) is 17.8. The molecule has 0 heterocycles. The molecule has 0 atom stereocenters. The monoisotopic (exact) mass is 610 g/mol. The van der Waals surface area contributed by atoms with Crippen molar-refractivity contribution in [1.29, 1.82) is 0 Å². The molecule has 0 unspecified atom stereocenters. The molecule has 0 bridgehead atoms. The number of aryl methyl sites for hydroxylation is 1. The molecule has 0 aliphatic carbocycles. The van der Waals surface area contributed by atoms with Crippen LogP contribution in [0.3, 0.4) is 0 Å². The molecule has 0 spiro atoms. The highest BCUT2D eigenvalue weighted by atomic mass is 17.1. The Morgan fingerprint density at radius 3 is 1.87 bits per heavy atom. The molecule has 0 saturated carbocycles. The number of aliphatic hydroxyl groups excluding tert-OH is 1.